The van der Waals surface area contributed by atoms with E-state index in [-0.39, 0.29) is 18.0 Å². The highest BCUT2D eigenvalue weighted by Crippen LogP contribution is 2.33. The number of benzene rings is 1. The van der Waals surface area contributed by atoms with Gasteiger partial charge < -0.3 is 25.1 Å². The molecule has 0 bridgehead atoms. The number of amides is 4. The number of pyridine rings is 1. The van der Waals surface area contributed by atoms with Crippen molar-refractivity contribution in [3.8, 4) is 0 Å². The first-order valence-corrected chi connectivity index (χ1v) is 15.2. The predicted molar refractivity (Wildman–Crippen MR) is 162 cm³/mol. The largest absolute Gasteiger partial charge is 0.465 e. The Labute approximate surface area is 252 Å². The highest BCUT2D eigenvalue weighted by Gasteiger charge is 2.42. The van der Waals surface area contributed by atoms with Gasteiger partial charge in [0.15, 0.2) is 0 Å². The maximum Gasteiger partial charge on any atom is 0.407 e. The maximum atomic E-state index is 13.5. The number of nitrogens with one attached hydrogen (secondary N) is 1. The van der Waals surface area contributed by atoms with Crippen molar-refractivity contribution >= 4 is 35.3 Å². The Morgan fingerprint density at radius 2 is 1.69 bits per heavy atom. The van der Waals surface area contributed by atoms with Crippen molar-refractivity contribution in [2.75, 3.05) is 57.3 Å². The van der Waals surface area contributed by atoms with E-state index in [1.54, 1.807) is 11.1 Å². The number of rotatable bonds is 7. The number of carbonyl (C=O) groups excluding carboxylic acids is 2. The van der Waals surface area contributed by atoms with E-state index in [4.69, 9.17) is 11.6 Å². The monoisotopic (exact) mass is 596 g/mol. The molecule has 3 aliphatic heterocycles. The minimum Gasteiger partial charge on any atom is -0.465 e. The fourth-order valence-electron chi connectivity index (χ4n) is 6.63. The number of aryl methyl sites for hydroxylation is 3. The zero-order chi connectivity index (χ0) is 30.0. The van der Waals surface area contributed by atoms with Gasteiger partial charge in [-0.25, -0.2) is 9.59 Å². The van der Waals surface area contributed by atoms with Crippen LogP contribution >= 0.6 is 11.6 Å². The molecule has 4 heterocycles. The Balaban J connectivity index is 1.15. The number of carboxylic acid groups (broad SMARTS) is 1. The van der Waals surface area contributed by atoms with Gasteiger partial charge in [0, 0.05) is 68.8 Å². The van der Waals surface area contributed by atoms with Crippen LogP contribution in [0.4, 0.5) is 15.3 Å². The number of fused-ring (bicyclic) bond motifs is 1. The van der Waals surface area contributed by atoms with Crippen LogP contribution in [0, 0.1) is 32.6 Å². The number of anilines is 1. The first-order chi connectivity index (χ1) is 20.1. The minimum atomic E-state index is -0.917. The summed E-state index contributed by atoms with van der Waals surface area (Å²) < 4.78 is 0. The van der Waals surface area contributed by atoms with E-state index in [1.807, 2.05) is 49.9 Å². The van der Waals surface area contributed by atoms with Crippen LogP contribution in [0.2, 0.25) is 5.02 Å². The number of halogens is 1. The van der Waals surface area contributed by atoms with E-state index >= 15 is 0 Å². The second-order valence-corrected chi connectivity index (χ2v) is 12.4. The lowest BCUT2D eigenvalue weighted by molar-refractivity contribution is 0.0772. The summed E-state index contributed by atoms with van der Waals surface area (Å²) in [5, 5.41) is 13.0. The van der Waals surface area contributed by atoms with Crippen LogP contribution in [-0.4, -0.2) is 101 Å². The van der Waals surface area contributed by atoms with Crippen molar-refractivity contribution in [3.63, 3.8) is 0 Å². The fourth-order valence-corrected chi connectivity index (χ4v) is 6.81. The Morgan fingerprint density at radius 3 is 2.31 bits per heavy atom. The Kier molecular flexibility index (Phi) is 9.22. The zero-order valence-electron chi connectivity index (χ0n) is 24.7. The molecule has 11 heteroatoms. The highest BCUT2D eigenvalue weighted by atomic mass is 35.5. The summed E-state index contributed by atoms with van der Waals surface area (Å²) in [6.45, 7) is 11.5. The van der Waals surface area contributed by atoms with Gasteiger partial charge in [0.05, 0.1) is 11.3 Å². The van der Waals surface area contributed by atoms with Gasteiger partial charge in [-0.15, -0.1) is 0 Å². The van der Waals surface area contributed by atoms with Crippen molar-refractivity contribution < 1.29 is 19.5 Å². The summed E-state index contributed by atoms with van der Waals surface area (Å²) in [6, 6.07) is 7.32. The summed E-state index contributed by atoms with van der Waals surface area (Å²) in [6.07, 6.45) is 2.82. The van der Waals surface area contributed by atoms with Gasteiger partial charge in [-0.1, -0.05) is 17.7 Å². The highest BCUT2D eigenvalue weighted by molar-refractivity contribution is 6.31. The molecule has 5 rings (SSSR count). The average Bonchev–Trinajstić information content (AvgIpc) is 3.52. The van der Waals surface area contributed by atoms with Crippen LogP contribution < -0.4 is 10.2 Å². The molecule has 1 aromatic heterocycles. The molecular formula is C31H41ClN6O4. The SMILES string of the molecule is Cc1ccc(N(CCCN2CC3CN(C(=O)c4c(C)ccnc4C)CC3C2)C(=O)NC2CCN(C(=O)O)CC2)cc1Cl. The Bertz CT molecular complexity index is 1300. The molecule has 10 nitrogen and oxygen atoms in total. The first-order valence-electron chi connectivity index (χ1n) is 14.9. The predicted octanol–water partition coefficient (Wildman–Crippen LogP) is 4.41. The molecule has 1 aromatic carbocycles. The molecule has 0 spiro atoms. The van der Waals surface area contributed by atoms with E-state index in [2.05, 4.69) is 15.2 Å². The topological polar surface area (TPSA) is 109 Å². The maximum absolute atomic E-state index is 13.5. The number of carbonyl (C=O) groups is 3. The third-order valence-electron chi connectivity index (χ3n) is 9.07. The number of piperidine rings is 1. The van der Waals surface area contributed by atoms with Gasteiger partial charge in [-0.2, -0.15) is 0 Å². The van der Waals surface area contributed by atoms with Crippen LogP contribution in [0.5, 0.6) is 0 Å². The first kappa shape index (κ1) is 30.1. The third-order valence-corrected chi connectivity index (χ3v) is 9.48. The second kappa shape index (κ2) is 12.9. The van der Waals surface area contributed by atoms with Gasteiger partial charge >= 0.3 is 12.1 Å². The molecule has 4 amide bonds. The van der Waals surface area contributed by atoms with Gasteiger partial charge in [-0.3, -0.25) is 14.7 Å². The molecule has 2 unspecified atom stereocenters. The van der Waals surface area contributed by atoms with Crippen molar-refractivity contribution in [1.82, 2.24) is 25.0 Å². The number of hydrogen-bond acceptors (Lipinski definition) is 5. The third kappa shape index (κ3) is 6.65. The van der Waals surface area contributed by atoms with Crippen LogP contribution in [-0.2, 0) is 0 Å². The van der Waals surface area contributed by atoms with Crippen molar-refractivity contribution in [1.29, 1.82) is 0 Å². The molecule has 0 saturated carbocycles. The lowest BCUT2D eigenvalue weighted by atomic mass is 10.0. The molecule has 42 heavy (non-hydrogen) atoms. The summed E-state index contributed by atoms with van der Waals surface area (Å²) in [5.41, 5.74) is 4.19. The molecule has 2 aromatic rings. The van der Waals surface area contributed by atoms with Gasteiger partial charge in [0.2, 0.25) is 0 Å². The number of aromatic nitrogens is 1. The summed E-state index contributed by atoms with van der Waals surface area (Å²) in [5.74, 6) is 1.00. The molecular weight excluding hydrogens is 556 g/mol. The van der Waals surface area contributed by atoms with Gasteiger partial charge in [-0.05, 0) is 87.7 Å². The summed E-state index contributed by atoms with van der Waals surface area (Å²) in [7, 11) is 0. The smallest absolute Gasteiger partial charge is 0.407 e. The summed E-state index contributed by atoms with van der Waals surface area (Å²) in [4.78, 5) is 49.9. The molecule has 2 N–H and O–H groups in total. The second-order valence-electron chi connectivity index (χ2n) is 12.0. The van der Waals surface area contributed by atoms with Crippen LogP contribution in [0.1, 0.15) is 46.4 Å². The molecule has 0 radical (unpaired) electrons. The number of urea groups is 1. The summed E-state index contributed by atoms with van der Waals surface area (Å²) >= 11 is 6.42. The van der Waals surface area contributed by atoms with Crippen molar-refractivity contribution in [2.45, 2.75) is 46.1 Å². The van der Waals surface area contributed by atoms with E-state index in [0.717, 1.165) is 67.2 Å². The van der Waals surface area contributed by atoms with Gasteiger partial charge in [0.1, 0.15) is 0 Å². The van der Waals surface area contributed by atoms with Crippen LogP contribution in [0.3, 0.4) is 0 Å². The normalized spacial score (nSPS) is 21.0. The molecule has 226 valence electrons. The van der Waals surface area contributed by atoms with Crippen LogP contribution in [0.15, 0.2) is 30.5 Å². The van der Waals surface area contributed by atoms with Crippen molar-refractivity contribution in [3.05, 3.63) is 57.9 Å². The lowest BCUT2D eigenvalue weighted by Gasteiger charge is -2.32. The van der Waals surface area contributed by atoms with Gasteiger partial charge in [0.25, 0.3) is 5.91 Å². The van der Waals surface area contributed by atoms with Crippen molar-refractivity contribution in [2.24, 2.45) is 11.8 Å². The minimum absolute atomic E-state index is 0.0700. The van der Waals surface area contributed by atoms with E-state index < -0.39 is 6.09 Å². The molecule has 0 aliphatic carbocycles. The number of likely N-dealkylation sites (tertiary alicyclic amines) is 3. The standard InChI is InChI=1S/C31H41ClN6O4/c1-20-5-6-26(15-27(20)32)38(30(40)34-25-8-13-36(14-9-25)31(41)42)12-4-11-35-16-23-18-37(19-24(23)17-35)29(39)28-21(2)7-10-33-22(28)3/h5-7,10,15,23-25H,4,8-9,11-14,16-19H2,1-3H3,(H,34,40)(H,41,42). The number of hydrogen-bond donors (Lipinski definition) is 2. The number of nitrogens with zero attached hydrogens (tertiary/aromatic N) is 5. The van der Waals surface area contributed by atoms with E-state index in [9.17, 15) is 19.5 Å². The molecule has 3 aliphatic rings. The molecule has 2 atom stereocenters. The zero-order valence-corrected chi connectivity index (χ0v) is 25.4. The van der Waals surface area contributed by atoms with E-state index in [1.165, 1.54) is 4.90 Å². The lowest BCUT2D eigenvalue weighted by Crippen LogP contribution is -2.50. The van der Waals surface area contributed by atoms with E-state index in [0.29, 0.717) is 49.3 Å². The Morgan fingerprint density at radius 1 is 1.00 bits per heavy atom. The fraction of sp³-hybridized carbons (Fsp3) is 0.548. The Hall–Kier alpha value is -3.37. The molecule has 3 saturated heterocycles. The average molecular weight is 597 g/mol. The quantitative estimate of drug-likeness (QED) is 0.490. The van der Waals surface area contributed by atoms with Crippen LogP contribution in [0.25, 0.3) is 0 Å². The molecule has 3 fully saturated rings.